The Bertz CT molecular complexity index is 876. The van der Waals surface area contributed by atoms with Crippen molar-refractivity contribution >= 4 is 17.7 Å². The molecule has 0 bridgehead atoms. The quantitative estimate of drug-likeness (QED) is 0.854. The number of amides is 1. The van der Waals surface area contributed by atoms with E-state index in [1.807, 2.05) is 41.4 Å². The molecule has 1 aromatic heterocycles. The molecule has 4 rings (SSSR count). The van der Waals surface area contributed by atoms with E-state index in [1.165, 1.54) is 11.8 Å². The molecule has 0 spiro atoms. The van der Waals surface area contributed by atoms with Crippen LogP contribution in [0.2, 0.25) is 0 Å². The third kappa shape index (κ3) is 3.96. The molecule has 2 aromatic rings. The average Bonchev–Trinajstić information content (AvgIpc) is 3.05. The van der Waals surface area contributed by atoms with Crippen LogP contribution >= 0.6 is 11.8 Å². The van der Waals surface area contributed by atoms with Gasteiger partial charge in [0.25, 0.3) is 5.91 Å². The Balaban J connectivity index is 1.48. The van der Waals surface area contributed by atoms with Crippen LogP contribution in [0.15, 0.2) is 18.2 Å². The molecule has 0 saturated carbocycles. The number of carbonyl (C=O) groups is 1. The number of nitrogens with one attached hydrogen (secondary N) is 1. The molecule has 1 aliphatic heterocycles. The average molecular weight is 403 g/mol. The zero-order valence-electron chi connectivity index (χ0n) is 16.5. The monoisotopic (exact) mass is 402 g/mol. The normalized spacial score (nSPS) is 19.5. The summed E-state index contributed by atoms with van der Waals surface area (Å²) in [6, 6.07) is 5.19. The maximum atomic E-state index is 13.5. The fourth-order valence-corrected chi connectivity index (χ4v) is 5.04. The number of halogens is 1. The molecule has 1 aliphatic carbocycles. The number of aromatic nitrogens is 2. The third-order valence-corrected chi connectivity index (χ3v) is 6.79. The van der Waals surface area contributed by atoms with Gasteiger partial charge in [0.1, 0.15) is 5.82 Å². The fraction of sp³-hybridized carbons (Fsp3) is 0.524. The van der Waals surface area contributed by atoms with Gasteiger partial charge in [-0.15, -0.1) is 0 Å². The molecular weight excluding hydrogens is 375 g/mol. The lowest BCUT2D eigenvalue weighted by Gasteiger charge is -2.27. The van der Waals surface area contributed by atoms with Gasteiger partial charge in [-0.05, 0) is 49.4 Å². The smallest absolute Gasteiger partial charge is 0.274 e. The number of aryl methyl sites for hydroxylation is 2. The second kappa shape index (κ2) is 8.25. The van der Waals surface area contributed by atoms with Crippen LogP contribution in [0.5, 0.6) is 0 Å². The first-order valence-electron chi connectivity index (χ1n) is 9.93. The van der Waals surface area contributed by atoms with Gasteiger partial charge in [-0.1, -0.05) is 6.07 Å². The number of carbonyl (C=O) groups excluding carboxylic acids is 1. The molecule has 5 nitrogen and oxygen atoms in total. The zero-order valence-corrected chi connectivity index (χ0v) is 17.3. The van der Waals surface area contributed by atoms with Crippen molar-refractivity contribution in [3.05, 3.63) is 52.1 Å². The van der Waals surface area contributed by atoms with Crippen LogP contribution in [0.3, 0.4) is 0 Å². The standard InChI is InChI=1S/C21H27FN4OS/c1-14-3-4-16(22)11-15(14)13-23-17-5-6-19-18(12-17)20(24-25(19)2)21(27)26-7-9-28-10-8-26/h3-4,11,17,23H,5-10,12-13H2,1-2H3. The highest BCUT2D eigenvalue weighted by molar-refractivity contribution is 7.99. The lowest BCUT2D eigenvalue weighted by molar-refractivity contribution is 0.0764. The molecule has 2 aliphatic rings. The Morgan fingerprint density at radius 1 is 1.36 bits per heavy atom. The number of rotatable bonds is 4. The van der Waals surface area contributed by atoms with Crippen LogP contribution in [0.1, 0.15) is 39.3 Å². The summed E-state index contributed by atoms with van der Waals surface area (Å²) in [5.74, 6) is 1.86. The molecule has 1 amide bonds. The van der Waals surface area contributed by atoms with Gasteiger partial charge in [0.05, 0.1) is 0 Å². The topological polar surface area (TPSA) is 50.2 Å². The summed E-state index contributed by atoms with van der Waals surface area (Å²) in [6.07, 6.45) is 2.69. The molecule has 2 heterocycles. The summed E-state index contributed by atoms with van der Waals surface area (Å²) >= 11 is 1.90. The number of fused-ring (bicyclic) bond motifs is 1. The van der Waals surface area contributed by atoms with Gasteiger partial charge in [-0.2, -0.15) is 16.9 Å². The highest BCUT2D eigenvalue weighted by atomic mass is 32.2. The van der Waals surface area contributed by atoms with Crippen molar-refractivity contribution in [3.8, 4) is 0 Å². The largest absolute Gasteiger partial charge is 0.336 e. The Labute approximate surface area is 169 Å². The van der Waals surface area contributed by atoms with E-state index in [1.54, 1.807) is 6.07 Å². The molecule has 1 fully saturated rings. The minimum Gasteiger partial charge on any atom is -0.336 e. The van der Waals surface area contributed by atoms with Gasteiger partial charge in [-0.3, -0.25) is 9.48 Å². The molecule has 1 saturated heterocycles. The van der Waals surface area contributed by atoms with E-state index in [2.05, 4.69) is 10.4 Å². The first-order chi connectivity index (χ1) is 13.5. The van der Waals surface area contributed by atoms with Crippen LogP contribution in [0.25, 0.3) is 0 Å². The molecular formula is C21H27FN4OS. The molecule has 28 heavy (non-hydrogen) atoms. The number of benzene rings is 1. The SMILES string of the molecule is Cc1ccc(F)cc1CNC1CCc2c(c(C(=O)N3CCSCC3)nn2C)C1. The predicted molar refractivity (Wildman–Crippen MR) is 110 cm³/mol. The van der Waals surface area contributed by atoms with Gasteiger partial charge in [0.2, 0.25) is 0 Å². The predicted octanol–water partition coefficient (Wildman–Crippen LogP) is 2.70. The highest BCUT2D eigenvalue weighted by Crippen LogP contribution is 2.26. The molecule has 1 N–H and O–H groups in total. The van der Waals surface area contributed by atoms with Crippen molar-refractivity contribution in [3.63, 3.8) is 0 Å². The number of hydrogen-bond acceptors (Lipinski definition) is 4. The van der Waals surface area contributed by atoms with Gasteiger partial charge in [0.15, 0.2) is 5.69 Å². The van der Waals surface area contributed by atoms with E-state index >= 15 is 0 Å². The van der Waals surface area contributed by atoms with E-state index in [-0.39, 0.29) is 17.8 Å². The maximum absolute atomic E-state index is 13.5. The lowest BCUT2D eigenvalue weighted by atomic mass is 9.90. The maximum Gasteiger partial charge on any atom is 0.274 e. The van der Waals surface area contributed by atoms with Gasteiger partial charge in [-0.25, -0.2) is 4.39 Å². The fourth-order valence-electron chi connectivity index (χ4n) is 4.14. The Morgan fingerprint density at radius 2 is 2.14 bits per heavy atom. The lowest BCUT2D eigenvalue weighted by Crippen LogP contribution is -2.39. The molecule has 1 aromatic carbocycles. The first kappa shape index (κ1) is 19.5. The Morgan fingerprint density at radius 3 is 2.93 bits per heavy atom. The van der Waals surface area contributed by atoms with E-state index in [9.17, 15) is 9.18 Å². The van der Waals surface area contributed by atoms with Crippen LogP contribution in [-0.4, -0.2) is 51.2 Å². The summed E-state index contributed by atoms with van der Waals surface area (Å²) in [7, 11) is 1.94. The van der Waals surface area contributed by atoms with Gasteiger partial charge >= 0.3 is 0 Å². The summed E-state index contributed by atoms with van der Waals surface area (Å²) < 4.78 is 15.4. The Hall–Kier alpha value is -1.86. The molecule has 1 unspecified atom stereocenters. The second-order valence-corrected chi connectivity index (χ2v) is 8.92. The summed E-state index contributed by atoms with van der Waals surface area (Å²) in [6.45, 7) is 4.24. The molecule has 1 atom stereocenters. The number of thioether (sulfide) groups is 1. The van der Waals surface area contributed by atoms with Crippen LogP contribution in [0, 0.1) is 12.7 Å². The van der Waals surface area contributed by atoms with E-state index in [0.717, 1.165) is 60.5 Å². The van der Waals surface area contributed by atoms with E-state index in [4.69, 9.17) is 0 Å². The zero-order chi connectivity index (χ0) is 19.7. The highest BCUT2D eigenvalue weighted by Gasteiger charge is 2.30. The van der Waals surface area contributed by atoms with Crippen molar-refractivity contribution in [1.82, 2.24) is 20.0 Å². The summed E-state index contributed by atoms with van der Waals surface area (Å²) in [5, 5.41) is 8.16. The summed E-state index contributed by atoms with van der Waals surface area (Å²) in [5.41, 5.74) is 4.96. The molecule has 150 valence electrons. The van der Waals surface area contributed by atoms with Crippen molar-refractivity contribution in [2.75, 3.05) is 24.6 Å². The van der Waals surface area contributed by atoms with Crippen LogP contribution in [-0.2, 0) is 26.4 Å². The minimum absolute atomic E-state index is 0.0683. The van der Waals surface area contributed by atoms with E-state index in [0.29, 0.717) is 12.2 Å². The van der Waals surface area contributed by atoms with Crippen molar-refractivity contribution in [2.24, 2.45) is 7.05 Å². The van der Waals surface area contributed by atoms with Crippen molar-refractivity contribution < 1.29 is 9.18 Å². The number of nitrogens with zero attached hydrogens (tertiary/aromatic N) is 3. The van der Waals surface area contributed by atoms with Crippen LogP contribution in [0.4, 0.5) is 4.39 Å². The Kier molecular flexibility index (Phi) is 5.73. The second-order valence-electron chi connectivity index (χ2n) is 7.69. The van der Waals surface area contributed by atoms with Crippen molar-refractivity contribution in [2.45, 2.75) is 38.8 Å². The van der Waals surface area contributed by atoms with Gasteiger partial charge < -0.3 is 10.2 Å². The van der Waals surface area contributed by atoms with Crippen LogP contribution < -0.4 is 5.32 Å². The van der Waals surface area contributed by atoms with E-state index < -0.39 is 0 Å². The number of hydrogen-bond donors (Lipinski definition) is 1. The summed E-state index contributed by atoms with van der Waals surface area (Å²) in [4.78, 5) is 15.0. The third-order valence-electron chi connectivity index (χ3n) is 5.85. The molecule has 0 radical (unpaired) electrons. The first-order valence-corrected chi connectivity index (χ1v) is 11.1. The minimum atomic E-state index is -0.201. The van der Waals surface area contributed by atoms with Crippen molar-refractivity contribution in [1.29, 1.82) is 0 Å². The van der Waals surface area contributed by atoms with Gasteiger partial charge in [0, 0.05) is 55.5 Å². The molecule has 7 heteroatoms.